The number of benzene rings is 1. The molecule has 0 saturated heterocycles. The Morgan fingerprint density at radius 3 is 2.69 bits per heavy atom. The van der Waals surface area contributed by atoms with Gasteiger partial charge in [0, 0.05) is 23.0 Å². The molecule has 1 heterocycles. The minimum atomic E-state index is 0.239. The summed E-state index contributed by atoms with van der Waals surface area (Å²) in [6.45, 7) is 4.14. The lowest BCUT2D eigenvalue weighted by Crippen LogP contribution is -2.40. The topological polar surface area (TPSA) is 20.3 Å². The predicted octanol–water partition coefficient (Wildman–Crippen LogP) is 3.10. The third-order valence-corrected chi connectivity index (χ3v) is 3.78. The molecule has 1 amide bonds. The Morgan fingerprint density at radius 1 is 1.31 bits per heavy atom. The SMILES string of the molecule is CSc1cccc2c1CCC(=O)N2C(C)C. The van der Waals surface area contributed by atoms with Gasteiger partial charge in [0.2, 0.25) is 5.91 Å². The van der Waals surface area contributed by atoms with Gasteiger partial charge in [-0.1, -0.05) is 6.07 Å². The average Bonchev–Trinajstić information content (AvgIpc) is 2.27. The normalized spacial score (nSPS) is 15.5. The molecular weight excluding hydrogens is 218 g/mol. The minimum Gasteiger partial charge on any atom is -0.310 e. The molecular formula is C13H17NOS. The van der Waals surface area contributed by atoms with Crippen LogP contribution in [-0.2, 0) is 11.2 Å². The molecule has 0 unspecified atom stereocenters. The average molecular weight is 235 g/mol. The lowest BCUT2D eigenvalue weighted by Gasteiger charge is -2.33. The van der Waals surface area contributed by atoms with Gasteiger partial charge < -0.3 is 4.90 Å². The van der Waals surface area contributed by atoms with Crippen molar-refractivity contribution in [2.24, 2.45) is 0 Å². The van der Waals surface area contributed by atoms with Crippen LogP contribution in [0.5, 0.6) is 0 Å². The molecule has 16 heavy (non-hydrogen) atoms. The highest BCUT2D eigenvalue weighted by Gasteiger charge is 2.27. The molecule has 86 valence electrons. The van der Waals surface area contributed by atoms with Crippen LogP contribution in [0.2, 0.25) is 0 Å². The molecule has 0 atom stereocenters. The maximum Gasteiger partial charge on any atom is 0.227 e. The summed E-state index contributed by atoms with van der Waals surface area (Å²) in [4.78, 5) is 15.1. The molecule has 2 nitrogen and oxygen atoms in total. The van der Waals surface area contributed by atoms with E-state index in [-0.39, 0.29) is 11.9 Å². The van der Waals surface area contributed by atoms with Crippen molar-refractivity contribution >= 4 is 23.4 Å². The molecule has 2 rings (SSSR count). The van der Waals surface area contributed by atoms with Gasteiger partial charge in [-0.3, -0.25) is 4.79 Å². The van der Waals surface area contributed by atoms with E-state index in [4.69, 9.17) is 0 Å². The Labute approximate surface area is 101 Å². The smallest absolute Gasteiger partial charge is 0.227 e. The van der Waals surface area contributed by atoms with Gasteiger partial charge in [-0.25, -0.2) is 0 Å². The van der Waals surface area contributed by atoms with Crippen molar-refractivity contribution in [2.75, 3.05) is 11.2 Å². The van der Waals surface area contributed by atoms with Crippen LogP contribution in [0.1, 0.15) is 25.8 Å². The number of anilines is 1. The van der Waals surface area contributed by atoms with E-state index in [0.717, 1.165) is 12.1 Å². The zero-order valence-electron chi connectivity index (χ0n) is 9.99. The van der Waals surface area contributed by atoms with E-state index in [1.54, 1.807) is 11.8 Å². The summed E-state index contributed by atoms with van der Waals surface area (Å²) in [5.74, 6) is 0.251. The summed E-state index contributed by atoms with van der Waals surface area (Å²) >= 11 is 1.76. The third-order valence-electron chi connectivity index (χ3n) is 2.96. The van der Waals surface area contributed by atoms with Crippen molar-refractivity contribution < 1.29 is 4.79 Å². The number of hydrogen-bond acceptors (Lipinski definition) is 2. The van der Waals surface area contributed by atoms with Crippen LogP contribution in [0.15, 0.2) is 23.1 Å². The van der Waals surface area contributed by atoms with E-state index in [2.05, 4.69) is 32.2 Å². The Kier molecular flexibility index (Phi) is 3.24. The number of hydrogen-bond donors (Lipinski definition) is 0. The Bertz CT molecular complexity index is 414. The molecule has 0 aromatic heterocycles. The molecule has 0 spiro atoms. The highest BCUT2D eigenvalue weighted by atomic mass is 32.2. The molecule has 0 radical (unpaired) electrons. The highest BCUT2D eigenvalue weighted by molar-refractivity contribution is 7.98. The van der Waals surface area contributed by atoms with Crippen LogP contribution in [0.25, 0.3) is 0 Å². The summed E-state index contributed by atoms with van der Waals surface area (Å²) in [6, 6.07) is 6.48. The van der Waals surface area contributed by atoms with Crippen molar-refractivity contribution in [3.8, 4) is 0 Å². The van der Waals surface area contributed by atoms with Crippen LogP contribution in [-0.4, -0.2) is 18.2 Å². The number of amides is 1. The second kappa shape index (κ2) is 4.50. The van der Waals surface area contributed by atoms with Gasteiger partial charge in [-0.05, 0) is 44.2 Å². The number of rotatable bonds is 2. The largest absolute Gasteiger partial charge is 0.310 e. The van der Waals surface area contributed by atoms with Gasteiger partial charge in [0.25, 0.3) is 0 Å². The number of fused-ring (bicyclic) bond motifs is 1. The maximum atomic E-state index is 11.9. The molecule has 1 aromatic rings. The van der Waals surface area contributed by atoms with Crippen LogP contribution in [0.4, 0.5) is 5.69 Å². The lowest BCUT2D eigenvalue weighted by atomic mass is 10.00. The summed E-state index contributed by atoms with van der Waals surface area (Å²) in [5, 5.41) is 0. The fraction of sp³-hybridized carbons (Fsp3) is 0.462. The zero-order valence-corrected chi connectivity index (χ0v) is 10.8. The standard InChI is InChI=1S/C13H17NOS/c1-9(2)14-11-5-4-6-12(16-3)10(11)7-8-13(14)15/h4-6,9H,7-8H2,1-3H3. The third kappa shape index (κ3) is 1.84. The molecule has 1 aliphatic heterocycles. The summed E-state index contributed by atoms with van der Waals surface area (Å²) in [6.07, 6.45) is 3.61. The van der Waals surface area contributed by atoms with Crippen molar-refractivity contribution in [1.29, 1.82) is 0 Å². The molecule has 3 heteroatoms. The van der Waals surface area contributed by atoms with Crippen LogP contribution >= 0.6 is 11.8 Å². The first-order valence-corrected chi connectivity index (χ1v) is 6.85. The highest BCUT2D eigenvalue weighted by Crippen LogP contribution is 2.35. The summed E-state index contributed by atoms with van der Waals surface area (Å²) in [7, 11) is 0. The van der Waals surface area contributed by atoms with E-state index < -0.39 is 0 Å². The number of carbonyl (C=O) groups is 1. The number of thioether (sulfide) groups is 1. The molecule has 0 bridgehead atoms. The molecule has 0 fully saturated rings. The van der Waals surface area contributed by atoms with E-state index in [9.17, 15) is 4.79 Å². The Morgan fingerprint density at radius 2 is 2.06 bits per heavy atom. The van der Waals surface area contributed by atoms with E-state index >= 15 is 0 Å². The number of carbonyl (C=O) groups excluding carboxylic acids is 1. The first-order valence-electron chi connectivity index (χ1n) is 5.63. The van der Waals surface area contributed by atoms with Gasteiger partial charge in [0.1, 0.15) is 0 Å². The van der Waals surface area contributed by atoms with Gasteiger partial charge in [0.15, 0.2) is 0 Å². The first-order chi connectivity index (χ1) is 7.65. The minimum absolute atomic E-state index is 0.239. The monoisotopic (exact) mass is 235 g/mol. The number of nitrogens with zero attached hydrogens (tertiary/aromatic N) is 1. The van der Waals surface area contributed by atoms with E-state index in [1.165, 1.54) is 10.5 Å². The fourth-order valence-electron chi connectivity index (χ4n) is 2.28. The Hall–Kier alpha value is -0.960. The van der Waals surface area contributed by atoms with Gasteiger partial charge >= 0.3 is 0 Å². The van der Waals surface area contributed by atoms with Crippen LogP contribution < -0.4 is 4.90 Å². The quantitative estimate of drug-likeness (QED) is 0.734. The summed E-state index contributed by atoms with van der Waals surface area (Å²) < 4.78 is 0. The van der Waals surface area contributed by atoms with Gasteiger partial charge in [-0.15, -0.1) is 11.8 Å². The first kappa shape index (κ1) is 11.5. The predicted molar refractivity (Wildman–Crippen MR) is 69.2 cm³/mol. The van der Waals surface area contributed by atoms with E-state index in [0.29, 0.717) is 6.42 Å². The molecule has 0 saturated carbocycles. The van der Waals surface area contributed by atoms with Crippen molar-refractivity contribution in [3.63, 3.8) is 0 Å². The van der Waals surface area contributed by atoms with Crippen LogP contribution in [0, 0.1) is 0 Å². The van der Waals surface area contributed by atoms with Crippen molar-refractivity contribution in [3.05, 3.63) is 23.8 Å². The second-order valence-corrected chi connectivity index (χ2v) is 5.16. The lowest BCUT2D eigenvalue weighted by molar-refractivity contribution is -0.119. The molecule has 0 N–H and O–H groups in total. The fourth-order valence-corrected chi connectivity index (χ4v) is 2.94. The molecule has 1 aromatic carbocycles. The zero-order chi connectivity index (χ0) is 11.7. The van der Waals surface area contributed by atoms with Gasteiger partial charge in [-0.2, -0.15) is 0 Å². The van der Waals surface area contributed by atoms with Crippen LogP contribution in [0.3, 0.4) is 0 Å². The molecule has 0 aliphatic carbocycles. The second-order valence-electron chi connectivity index (χ2n) is 4.32. The van der Waals surface area contributed by atoms with Crippen molar-refractivity contribution in [1.82, 2.24) is 0 Å². The van der Waals surface area contributed by atoms with E-state index in [1.807, 2.05) is 11.0 Å². The molecule has 1 aliphatic rings. The maximum absolute atomic E-state index is 11.9. The van der Waals surface area contributed by atoms with Gasteiger partial charge in [0.05, 0.1) is 0 Å². The summed E-state index contributed by atoms with van der Waals surface area (Å²) in [5.41, 5.74) is 2.45. The Balaban J connectivity index is 2.52. The van der Waals surface area contributed by atoms with Crippen molar-refractivity contribution in [2.45, 2.75) is 37.6 Å².